The van der Waals surface area contributed by atoms with Crippen molar-refractivity contribution in [2.45, 2.75) is 45.6 Å². The van der Waals surface area contributed by atoms with Crippen LogP contribution in [0.25, 0.3) is 0 Å². The van der Waals surface area contributed by atoms with Crippen LogP contribution < -0.4 is 9.64 Å². The van der Waals surface area contributed by atoms with E-state index in [4.69, 9.17) is 4.74 Å². The number of carbonyl (C=O) groups excluding carboxylic acids is 1. The molecule has 24 heavy (non-hydrogen) atoms. The Kier molecular flexibility index (Phi) is 4.35. The second-order valence-electron chi connectivity index (χ2n) is 7.36. The van der Waals surface area contributed by atoms with Crippen LogP contribution in [-0.2, 0) is 5.41 Å². The van der Waals surface area contributed by atoms with Gasteiger partial charge in [0.25, 0.3) is 5.91 Å². The molecular formula is C21H25NO2. The molecule has 0 aliphatic carbocycles. The van der Waals surface area contributed by atoms with Crippen LogP contribution in [0.3, 0.4) is 0 Å². The molecule has 3 nitrogen and oxygen atoms in total. The highest BCUT2D eigenvalue weighted by Crippen LogP contribution is 2.34. The van der Waals surface area contributed by atoms with Gasteiger partial charge in [0, 0.05) is 5.56 Å². The van der Waals surface area contributed by atoms with Gasteiger partial charge in [0.1, 0.15) is 11.9 Å². The summed E-state index contributed by atoms with van der Waals surface area (Å²) in [6.07, 6.45) is 0.916. The zero-order valence-electron chi connectivity index (χ0n) is 14.9. The minimum absolute atomic E-state index is 0.0321. The van der Waals surface area contributed by atoms with Gasteiger partial charge in [-0.05, 0) is 41.7 Å². The van der Waals surface area contributed by atoms with Gasteiger partial charge in [-0.1, -0.05) is 52.0 Å². The van der Waals surface area contributed by atoms with Crippen LogP contribution in [0.15, 0.2) is 48.5 Å². The van der Waals surface area contributed by atoms with Gasteiger partial charge < -0.3 is 9.64 Å². The normalized spacial score (nSPS) is 17.2. The number of para-hydroxylation sites is 2. The van der Waals surface area contributed by atoms with Crippen LogP contribution in [-0.4, -0.2) is 18.6 Å². The summed E-state index contributed by atoms with van der Waals surface area (Å²) in [6, 6.07) is 15.7. The first-order valence-electron chi connectivity index (χ1n) is 8.58. The molecule has 0 bridgehead atoms. The predicted octanol–water partition coefficient (Wildman–Crippen LogP) is 4.80. The smallest absolute Gasteiger partial charge is 0.258 e. The molecule has 1 amide bonds. The first kappa shape index (κ1) is 16.6. The van der Waals surface area contributed by atoms with Crippen molar-refractivity contribution < 1.29 is 9.53 Å². The van der Waals surface area contributed by atoms with Crippen LogP contribution >= 0.6 is 0 Å². The van der Waals surface area contributed by atoms with Gasteiger partial charge in [-0.2, -0.15) is 0 Å². The zero-order chi connectivity index (χ0) is 17.3. The molecule has 1 aliphatic rings. The predicted molar refractivity (Wildman–Crippen MR) is 98.0 cm³/mol. The van der Waals surface area contributed by atoms with Crippen molar-refractivity contribution in [2.24, 2.45) is 0 Å². The maximum Gasteiger partial charge on any atom is 0.258 e. The van der Waals surface area contributed by atoms with E-state index in [1.165, 1.54) is 5.56 Å². The highest BCUT2D eigenvalue weighted by atomic mass is 16.5. The zero-order valence-corrected chi connectivity index (χ0v) is 14.9. The lowest BCUT2D eigenvalue weighted by atomic mass is 9.86. The average molecular weight is 323 g/mol. The Morgan fingerprint density at radius 1 is 1.12 bits per heavy atom. The standard InChI is InChI=1S/C21H25NO2/c1-5-17-14-22(18-8-6-7-9-19(18)24-17)20(23)15-10-12-16(13-11-15)21(2,3)4/h6-13,17H,5,14H2,1-4H3. The van der Waals surface area contributed by atoms with Crippen LogP contribution in [0.4, 0.5) is 5.69 Å². The summed E-state index contributed by atoms with van der Waals surface area (Å²) in [5, 5.41) is 0. The molecule has 0 N–H and O–H groups in total. The van der Waals surface area contributed by atoms with E-state index in [-0.39, 0.29) is 17.4 Å². The van der Waals surface area contributed by atoms with Crippen molar-refractivity contribution in [3.8, 4) is 5.75 Å². The topological polar surface area (TPSA) is 29.5 Å². The van der Waals surface area contributed by atoms with Gasteiger partial charge in [0.15, 0.2) is 0 Å². The molecule has 0 fully saturated rings. The minimum atomic E-state index is 0.0321. The summed E-state index contributed by atoms with van der Waals surface area (Å²) >= 11 is 0. The van der Waals surface area contributed by atoms with Gasteiger partial charge in [0.2, 0.25) is 0 Å². The van der Waals surface area contributed by atoms with Gasteiger partial charge in [-0.3, -0.25) is 4.79 Å². The molecule has 0 aromatic heterocycles. The summed E-state index contributed by atoms with van der Waals surface area (Å²) in [5.41, 5.74) is 2.88. The molecule has 126 valence electrons. The molecule has 1 heterocycles. The van der Waals surface area contributed by atoms with E-state index in [1.807, 2.05) is 41.3 Å². The molecule has 1 atom stereocenters. The summed E-state index contributed by atoms with van der Waals surface area (Å²) in [4.78, 5) is 14.9. The number of benzene rings is 2. The monoisotopic (exact) mass is 323 g/mol. The first-order valence-corrected chi connectivity index (χ1v) is 8.58. The largest absolute Gasteiger partial charge is 0.486 e. The lowest BCUT2D eigenvalue weighted by molar-refractivity contribution is 0.0954. The fraction of sp³-hybridized carbons (Fsp3) is 0.381. The van der Waals surface area contributed by atoms with Crippen molar-refractivity contribution in [3.05, 3.63) is 59.7 Å². The van der Waals surface area contributed by atoms with Crippen molar-refractivity contribution in [1.29, 1.82) is 0 Å². The number of hydrogen-bond donors (Lipinski definition) is 0. The molecule has 0 radical (unpaired) electrons. The molecule has 2 aromatic carbocycles. The third-order valence-corrected chi connectivity index (χ3v) is 4.53. The third kappa shape index (κ3) is 3.16. The molecular weight excluding hydrogens is 298 g/mol. The molecule has 0 spiro atoms. The lowest BCUT2D eigenvalue weighted by Gasteiger charge is -2.34. The molecule has 0 saturated carbocycles. The molecule has 3 heteroatoms. The number of ether oxygens (including phenoxy) is 1. The second-order valence-corrected chi connectivity index (χ2v) is 7.36. The highest BCUT2D eigenvalue weighted by Gasteiger charge is 2.29. The van der Waals surface area contributed by atoms with Crippen molar-refractivity contribution in [2.75, 3.05) is 11.4 Å². The van der Waals surface area contributed by atoms with Crippen LogP contribution in [0.5, 0.6) is 5.75 Å². The van der Waals surface area contributed by atoms with Crippen molar-refractivity contribution in [3.63, 3.8) is 0 Å². The number of carbonyl (C=O) groups is 1. The SMILES string of the molecule is CCC1CN(C(=O)c2ccc(C(C)(C)C)cc2)c2ccccc2O1. The Bertz CT molecular complexity index is 728. The van der Waals surface area contributed by atoms with Crippen LogP contribution in [0.1, 0.15) is 50.0 Å². The fourth-order valence-electron chi connectivity index (χ4n) is 2.97. The van der Waals surface area contributed by atoms with E-state index >= 15 is 0 Å². The lowest BCUT2D eigenvalue weighted by Crippen LogP contribution is -2.43. The fourth-order valence-corrected chi connectivity index (χ4v) is 2.97. The van der Waals surface area contributed by atoms with E-state index in [1.54, 1.807) is 0 Å². The van der Waals surface area contributed by atoms with Crippen molar-refractivity contribution in [1.82, 2.24) is 0 Å². The maximum absolute atomic E-state index is 13.1. The molecule has 3 rings (SSSR count). The summed E-state index contributed by atoms with van der Waals surface area (Å²) in [6.45, 7) is 9.20. The molecule has 0 saturated heterocycles. The van der Waals surface area contributed by atoms with E-state index < -0.39 is 0 Å². The number of rotatable bonds is 2. The van der Waals surface area contributed by atoms with E-state index in [2.05, 4.69) is 39.8 Å². The van der Waals surface area contributed by atoms with Gasteiger partial charge >= 0.3 is 0 Å². The van der Waals surface area contributed by atoms with E-state index in [0.717, 1.165) is 23.4 Å². The Morgan fingerprint density at radius 2 is 1.79 bits per heavy atom. The minimum Gasteiger partial charge on any atom is -0.486 e. The van der Waals surface area contributed by atoms with Gasteiger partial charge in [0.05, 0.1) is 12.2 Å². The average Bonchev–Trinajstić information content (AvgIpc) is 2.59. The first-order chi connectivity index (χ1) is 11.4. The molecule has 1 aliphatic heterocycles. The van der Waals surface area contributed by atoms with Crippen LogP contribution in [0.2, 0.25) is 0 Å². The number of fused-ring (bicyclic) bond motifs is 1. The Hall–Kier alpha value is -2.29. The maximum atomic E-state index is 13.1. The Labute approximate surface area is 144 Å². The van der Waals surface area contributed by atoms with Gasteiger partial charge in [-0.15, -0.1) is 0 Å². The number of amides is 1. The van der Waals surface area contributed by atoms with Crippen molar-refractivity contribution >= 4 is 11.6 Å². The molecule has 1 unspecified atom stereocenters. The number of anilines is 1. The Balaban J connectivity index is 1.92. The quantitative estimate of drug-likeness (QED) is 0.794. The van der Waals surface area contributed by atoms with Gasteiger partial charge in [-0.25, -0.2) is 0 Å². The summed E-state index contributed by atoms with van der Waals surface area (Å²) in [5.74, 6) is 0.819. The third-order valence-electron chi connectivity index (χ3n) is 4.53. The Morgan fingerprint density at radius 3 is 2.42 bits per heavy atom. The highest BCUT2D eigenvalue weighted by molar-refractivity contribution is 6.07. The number of hydrogen-bond acceptors (Lipinski definition) is 2. The van der Waals surface area contributed by atoms with E-state index in [9.17, 15) is 4.79 Å². The van der Waals surface area contributed by atoms with E-state index in [0.29, 0.717) is 6.54 Å². The summed E-state index contributed by atoms with van der Waals surface area (Å²) in [7, 11) is 0. The number of nitrogens with zero attached hydrogens (tertiary/aromatic N) is 1. The van der Waals surface area contributed by atoms with Crippen LogP contribution in [0, 0.1) is 0 Å². The summed E-state index contributed by atoms with van der Waals surface area (Å²) < 4.78 is 5.97. The molecule has 2 aromatic rings. The second kappa shape index (κ2) is 6.31.